The maximum absolute atomic E-state index is 2.33. The van der Waals surface area contributed by atoms with Gasteiger partial charge in [-0.15, -0.1) is 0 Å². The highest BCUT2D eigenvalue weighted by Gasteiger charge is 1.98. The summed E-state index contributed by atoms with van der Waals surface area (Å²) in [6.45, 7) is 8.69. The largest absolute Gasteiger partial charge is 0.0877 e. The van der Waals surface area contributed by atoms with Gasteiger partial charge in [-0.1, -0.05) is 45.1 Å². The average molecular weight is 178 g/mol. The molecular formula is C13H22. The second-order valence-corrected chi connectivity index (χ2v) is 3.06. The highest BCUT2D eigenvalue weighted by molar-refractivity contribution is 5.33. The molecular weight excluding hydrogens is 156 g/mol. The van der Waals surface area contributed by atoms with Crippen LogP contribution >= 0.6 is 0 Å². The lowest BCUT2D eigenvalue weighted by molar-refractivity contribution is 1.00. The maximum Gasteiger partial charge on any atom is -0.0305 e. The summed E-state index contributed by atoms with van der Waals surface area (Å²) in [5.74, 6) is 0. The molecule has 13 heavy (non-hydrogen) atoms. The molecule has 0 fully saturated rings. The zero-order chi connectivity index (χ0) is 10.1. The predicted molar refractivity (Wildman–Crippen MR) is 61.9 cm³/mol. The average Bonchev–Trinajstić information content (AvgIpc) is 2.17. The zero-order valence-corrected chi connectivity index (χ0v) is 9.43. The van der Waals surface area contributed by atoms with Gasteiger partial charge >= 0.3 is 0 Å². The van der Waals surface area contributed by atoms with Gasteiger partial charge < -0.3 is 0 Å². The summed E-state index contributed by atoms with van der Waals surface area (Å²) in [6, 6.07) is 0. The maximum atomic E-state index is 2.33. The fourth-order valence-electron chi connectivity index (χ4n) is 1.41. The fourth-order valence-corrected chi connectivity index (χ4v) is 1.41. The molecule has 0 atom stereocenters. The third-order valence-electron chi connectivity index (χ3n) is 2.11. The van der Waals surface area contributed by atoms with Gasteiger partial charge in [-0.25, -0.2) is 0 Å². The number of rotatable bonds is 5. The summed E-state index contributed by atoms with van der Waals surface area (Å²) < 4.78 is 0. The van der Waals surface area contributed by atoms with Gasteiger partial charge in [0.2, 0.25) is 0 Å². The van der Waals surface area contributed by atoms with Gasteiger partial charge in [0.1, 0.15) is 0 Å². The van der Waals surface area contributed by atoms with E-state index in [1.165, 1.54) is 11.1 Å². The van der Waals surface area contributed by atoms with Crippen molar-refractivity contribution in [3.8, 4) is 0 Å². The zero-order valence-electron chi connectivity index (χ0n) is 9.43. The van der Waals surface area contributed by atoms with E-state index in [-0.39, 0.29) is 0 Å². The van der Waals surface area contributed by atoms with Crippen molar-refractivity contribution in [1.29, 1.82) is 0 Å². The third-order valence-corrected chi connectivity index (χ3v) is 2.11. The summed E-state index contributed by atoms with van der Waals surface area (Å²) >= 11 is 0. The van der Waals surface area contributed by atoms with E-state index < -0.39 is 0 Å². The summed E-state index contributed by atoms with van der Waals surface area (Å²) in [5.41, 5.74) is 2.98. The van der Waals surface area contributed by atoms with Crippen LogP contribution in [0.3, 0.4) is 0 Å². The first kappa shape index (κ1) is 12.2. The van der Waals surface area contributed by atoms with Gasteiger partial charge in [0.15, 0.2) is 0 Å². The van der Waals surface area contributed by atoms with Crippen molar-refractivity contribution in [2.45, 2.75) is 47.0 Å². The molecule has 0 aliphatic carbocycles. The Morgan fingerprint density at radius 2 is 1.62 bits per heavy atom. The molecule has 0 saturated carbocycles. The van der Waals surface area contributed by atoms with Gasteiger partial charge in [-0.2, -0.15) is 0 Å². The smallest absolute Gasteiger partial charge is 0.0305 e. The standard InChI is InChI=1S/C13H22/c1-5-9-11-13(8-4)12(7-3)10-6-2/h5,9-11H,6-8H2,1-4H3/b9-5-,12-10+,13-11-. The Morgan fingerprint density at radius 3 is 2.00 bits per heavy atom. The van der Waals surface area contributed by atoms with Crippen LogP contribution in [-0.4, -0.2) is 0 Å². The van der Waals surface area contributed by atoms with Crippen LogP contribution in [0.25, 0.3) is 0 Å². The first-order valence-corrected chi connectivity index (χ1v) is 5.31. The second kappa shape index (κ2) is 7.85. The minimum Gasteiger partial charge on any atom is -0.0877 e. The van der Waals surface area contributed by atoms with Gasteiger partial charge in [-0.05, 0) is 37.3 Å². The molecule has 0 unspecified atom stereocenters. The molecule has 0 heterocycles. The molecule has 0 aromatic heterocycles. The molecule has 0 aliphatic rings. The summed E-state index contributed by atoms with van der Waals surface area (Å²) in [7, 11) is 0. The Labute approximate surface area is 83.0 Å². The van der Waals surface area contributed by atoms with Crippen LogP contribution in [0.4, 0.5) is 0 Å². The van der Waals surface area contributed by atoms with Crippen LogP contribution in [-0.2, 0) is 0 Å². The first-order valence-electron chi connectivity index (χ1n) is 5.31. The van der Waals surface area contributed by atoms with E-state index in [0.717, 1.165) is 19.3 Å². The van der Waals surface area contributed by atoms with Crippen molar-refractivity contribution < 1.29 is 0 Å². The minimum atomic E-state index is 1.13. The molecule has 0 saturated heterocycles. The van der Waals surface area contributed by atoms with Crippen LogP contribution in [0.15, 0.2) is 35.5 Å². The van der Waals surface area contributed by atoms with Crippen LogP contribution in [0.5, 0.6) is 0 Å². The van der Waals surface area contributed by atoms with E-state index in [2.05, 4.69) is 52.0 Å². The minimum absolute atomic E-state index is 1.13. The molecule has 0 bridgehead atoms. The van der Waals surface area contributed by atoms with Crippen molar-refractivity contribution in [1.82, 2.24) is 0 Å². The third kappa shape index (κ3) is 4.72. The lowest BCUT2D eigenvalue weighted by Gasteiger charge is -2.06. The normalized spacial score (nSPS) is 14.2. The quantitative estimate of drug-likeness (QED) is 0.538. The number of hydrogen-bond donors (Lipinski definition) is 0. The van der Waals surface area contributed by atoms with Crippen molar-refractivity contribution in [3.63, 3.8) is 0 Å². The number of allylic oxidation sites excluding steroid dienone is 6. The number of hydrogen-bond acceptors (Lipinski definition) is 0. The Morgan fingerprint density at radius 1 is 1.00 bits per heavy atom. The summed E-state index contributed by atoms with van der Waals surface area (Å²) in [6.07, 6.45) is 12.2. The lowest BCUT2D eigenvalue weighted by atomic mass is 10.00. The van der Waals surface area contributed by atoms with Gasteiger partial charge in [0, 0.05) is 0 Å². The van der Waals surface area contributed by atoms with Crippen molar-refractivity contribution in [3.05, 3.63) is 35.5 Å². The molecule has 0 spiro atoms. The van der Waals surface area contributed by atoms with Crippen LogP contribution < -0.4 is 0 Å². The SMILES string of the molecule is C\C=C/C=C(CC)\C(=C\CC)CC. The molecule has 0 aromatic rings. The van der Waals surface area contributed by atoms with E-state index in [1.807, 2.05) is 0 Å². The van der Waals surface area contributed by atoms with E-state index in [0.29, 0.717) is 0 Å². The highest BCUT2D eigenvalue weighted by Crippen LogP contribution is 2.17. The van der Waals surface area contributed by atoms with Crippen LogP contribution in [0.1, 0.15) is 47.0 Å². The molecule has 0 rings (SSSR count). The summed E-state index contributed by atoms with van der Waals surface area (Å²) in [4.78, 5) is 0. The molecule has 0 heteroatoms. The van der Waals surface area contributed by atoms with E-state index in [9.17, 15) is 0 Å². The molecule has 0 aromatic carbocycles. The molecule has 74 valence electrons. The molecule has 0 amide bonds. The van der Waals surface area contributed by atoms with Crippen molar-refractivity contribution in [2.75, 3.05) is 0 Å². The topological polar surface area (TPSA) is 0 Å². The van der Waals surface area contributed by atoms with Gasteiger partial charge in [-0.3, -0.25) is 0 Å². The lowest BCUT2D eigenvalue weighted by Crippen LogP contribution is -1.86. The predicted octanol–water partition coefficient (Wildman–Crippen LogP) is 4.65. The Kier molecular flexibility index (Phi) is 7.38. The van der Waals surface area contributed by atoms with E-state index >= 15 is 0 Å². The van der Waals surface area contributed by atoms with Crippen LogP contribution in [0, 0.1) is 0 Å². The van der Waals surface area contributed by atoms with Crippen molar-refractivity contribution in [2.24, 2.45) is 0 Å². The Balaban J connectivity index is 4.62. The molecule has 0 nitrogen and oxygen atoms in total. The second-order valence-electron chi connectivity index (χ2n) is 3.06. The highest BCUT2D eigenvalue weighted by atomic mass is 14.0. The van der Waals surface area contributed by atoms with Crippen LogP contribution in [0.2, 0.25) is 0 Å². The van der Waals surface area contributed by atoms with Gasteiger partial charge in [0.05, 0.1) is 0 Å². The molecule has 0 radical (unpaired) electrons. The monoisotopic (exact) mass is 178 g/mol. The van der Waals surface area contributed by atoms with Crippen molar-refractivity contribution >= 4 is 0 Å². The Bertz CT molecular complexity index is 204. The molecule has 0 aliphatic heterocycles. The van der Waals surface area contributed by atoms with Gasteiger partial charge in [0.25, 0.3) is 0 Å². The summed E-state index contributed by atoms with van der Waals surface area (Å²) in [5, 5.41) is 0. The first-order chi connectivity index (χ1) is 6.29. The van der Waals surface area contributed by atoms with E-state index in [1.54, 1.807) is 0 Å². The fraction of sp³-hybridized carbons (Fsp3) is 0.538. The van der Waals surface area contributed by atoms with E-state index in [4.69, 9.17) is 0 Å². The Hall–Kier alpha value is -0.780. The molecule has 0 N–H and O–H groups in total.